The highest BCUT2D eigenvalue weighted by Gasteiger charge is 1.95. The molecule has 0 aliphatic rings. The Morgan fingerprint density at radius 3 is 2.80 bits per heavy atom. The van der Waals surface area contributed by atoms with Crippen LogP contribution in [0.25, 0.3) is 0 Å². The van der Waals surface area contributed by atoms with Crippen molar-refractivity contribution in [1.29, 1.82) is 0 Å². The number of hydrogen-bond donors (Lipinski definition) is 2. The molecule has 2 N–H and O–H groups in total. The highest BCUT2D eigenvalue weighted by molar-refractivity contribution is 5.73. The van der Waals surface area contributed by atoms with E-state index in [1.165, 1.54) is 6.92 Å². The first-order valence-corrected chi connectivity index (χ1v) is 3.21. The Morgan fingerprint density at radius 1 is 1.80 bits per heavy atom. The second-order valence-electron chi connectivity index (χ2n) is 2.10. The molecule has 1 atom stereocenters. The average molecular weight is 143 g/mol. The standard InChI is InChI=1S/C7H13NO2/c1-6(4-3-5-9)8-7(2)10/h3-4,6,9H,5H2,1-2H3,(H,8,10)/b4-3+/t6-/m0/s1. The van der Waals surface area contributed by atoms with E-state index in [0.29, 0.717) is 0 Å². The summed E-state index contributed by atoms with van der Waals surface area (Å²) in [5.74, 6) is -0.0601. The SMILES string of the molecule is CC(=O)N[C@@H](C)/C=C/CO. The topological polar surface area (TPSA) is 49.3 Å². The second kappa shape index (κ2) is 4.99. The van der Waals surface area contributed by atoms with Crippen molar-refractivity contribution < 1.29 is 9.90 Å². The zero-order valence-electron chi connectivity index (χ0n) is 6.29. The van der Waals surface area contributed by atoms with Crippen molar-refractivity contribution in [2.45, 2.75) is 19.9 Å². The lowest BCUT2D eigenvalue weighted by atomic mass is 10.3. The molecule has 0 spiro atoms. The van der Waals surface area contributed by atoms with Crippen LogP contribution in [0, 0.1) is 0 Å². The van der Waals surface area contributed by atoms with Crippen LogP contribution in [0.4, 0.5) is 0 Å². The minimum Gasteiger partial charge on any atom is -0.392 e. The van der Waals surface area contributed by atoms with Crippen LogP contribution in [-0.4, -0.2) is 23.7 Å². The second-order valence-corrected chi connectivity index (χ2v) is 2.10. The molecule has 0 heterocycles. The van der Waals surface area contributed by atoms with Gasteiger partial charge in [0.1, 0.15) is 0 Å². The van der Waals surface area contributed by atoms with Gasteiger partial charge in [-0.25, -0.2) is 0 Å². The van der Waals surface area contributed by atoms with Crippen molar-refractivity contribution in [3.8, 4) is 0 Å². The van der Waals surface area contributed by atoms with Crippen LogP contribution >= 0.6 is 0 Å². The quantitative estimate of drug-likeness (QED) is 0.549. The number of rotatable bonds is 3. The maximum atomic E-state index is 10.4. The zero-order valence-corrected chi connectivity index (χ0v) is 6.29. The molecule has 0 aliphatic carbocycles. The fraction of sp³-hybridized carbons (Fsp3) is 0.571. The molecule has 3 nitrogen and oxygen atoms in total. The van der Waals surface area contributed by atoms with Crippen LogP contribution in [-0.2, 0) is 4.79 Å². The summed E-state index contributed by atoms with van der Waals surface area (Å²) in [7, 11) is 0. The normalized spacial score (nSPS) is 13.5. The lowest BCUT2D eigenvalue weighted by Gasteiger charge is -2.05. The van der Waals surface area contributed by atoms with Crippen LogP contribution in [0.2, 0.25) is 0 Å². The number of aliphatic hydroxyl groups excluding tert-OH is 1. The van der Waals surface area contributed by atoms with Crippen LogP contribution < -0.4 is 5.32 Å². The molecule has 0 saturated carbocycles. The van der Waals surface area contributed by atoms with E-state index in [0.717, 1.165) is 0 Å². The molecule has 0 aromatic rings. The van der Waals surface area contributed by atoms with E-state index in [9.17, 15) is 4.79 Å². The van der Waals surface area contributed by atoms with Gasteiger partial charge < -0.3 is 10.4 Å². The molecule has 0 saturated heterocycles. The van der Waals surface area contributed by atoms with Gasteiger partial charge >= 0.3 is 0 Å². The molecule has 1 amide bonds. The molecule has 3 heteroatoms. The van der Waals surface area contributed by atoms with Gasteiger partial charge in [0.05, 0.1) is 6.61 Å². The lowest BCUT2D eigenvalue weighted by Crippen LogP contribution is -2.28. The van der Waals surface area contributed by atoms with Gasteiger partial charge in [-0.15, -0.1) is 0 Å². The van der Waals surface area contributed by atoms with Gasteiger partial charge in [0.25, 0.3) is 0 Å². The molecule has 0 fully saturated rings. The van der Waals surface area contributed by atoms with Gasteiger partial charge in [-0.05, 0) is 6.92 Å². The van der Waals surface area contributed by atoms with E-state index >= 15 is 0 Å². The van der Waals surface area contributed by atoms with Gasteiger partial charge in [-0.1, -0.05) is 12.2 Å². The third kappa shape index (κ3) is 5.31. The van der Waals surface area contributed by atoms with Crippen LogP contribution in [0.5, 0.6) is 0 Å². The van der Waals surface area contributed by atoms with Crippen molar-refractivity contribution in [3.63, 3.8) is 0 Å². The highest BCUT2D eigenvalue weighted by atomic mass is 16.2. The van der Waals surface area contributed by atoms with Crippen LogP contribution in [0.1, 0.15) is 13.8 Å². The number of carbonyl (C=O) groups is 1. The summed E-state index contributed by atoms with van der Waals surface area (Å²) in [6, 6.07) is 0.00431. The summed E-state index contributed by atoms with van der Waals surface area (Å²) in [5.41, 5.74) is 0. The van der Waals surface area contributed by atoms with E-state index in [2.05, 4.69) is 5.32 Å². The summed E-state index contributed by atoms with van der Waals surface area (Å²) in [5, 5.41) is 11.0. The van der Waals surface area contributed by atoms with Crippen LogP contribution in [0.15, 0.2) is 12.2 Å². The maximum absolute atomic E-state index is 10.4. The molecule has 10 heavy (non-hydrogen) atoms. The Morgan fingerprint density at radius 2 is 2.40 bits per heavy atom. The number of nitrogens with one attached hydrogen (secondary N) is 1. The zero-order chi connectivity index (χ0) is 7.98. The third-order valence-corrected chi connectivity index (χ3v) is 0.961. The average Bonchev–Trinajstić information content (AvgIpc) is 1.82. The Balaban J connectivity index is 3.52. The molecule has 0 aromatic carbocycles. The Bertz CT molecular complexity index is 132. The molecule has 58 valence electrons. The van der Waals surface area contributed by atoms with E-state index in [1.54, 1.807) is 12.2 Å². The Kier molecular flexibility index (Phi) is 4.58. The van der Waals surface area contributed by atoms with Gasteiger partial charge in [0.2, 0.25) is 5.91 Å². The monoisotopic (exact) mass is 143 g/mol. The summed E-state index contributed by atoms with van der Waals surface area (Å²) in [4.78, 5) is 10.4. The smallest absolute Gasteiger partial charge is 0.217 e. The largest absolute Gasteiger partial charge is 0.392 e. The minimum absolute atomic E-state index is 0.00431. The molecule has 0 radical (unpaired) electrons. The number of aliphatic hydroxyl groups is 1. The first-order chi connectivity index (χ1) is 4.66. The fourth-order valence-electron chi connectivity index (χ4n) is 0.634. The fourth-order valence-corrected chi connectivity index (χ4v) is 0.634. The first-order valence-electron chi connectivity index (χ1n) is 3.21. The molecule has 0 aromatic heterocycles. The van der Waals surface area contributed by atoms with Crippen molar-refractivity contribution >= 4 is 5.91 Å². The van der Waals surface area contributed by atoms with Gasteiger partial charge in [0.15, 0.2) is 0 Å². The lowest BCUT2D eigenvalue weighted by molar-refractivity contribution is -0.119. The van der Waals surface area contributed by atoms with Crippen molar-refractivity contribution in [2.24, 2.45) is 0 Å². The molecular weight excluding hydrogens is 130 g/mol. The van der Waals surface area contributed by atoms with Gasteiger partial charge in [-0.3, -0.25) is 4.79 Å². The molecular formula is C7H13NO2. The molecule has 0 aliphatic heterocycles. The van der Waals surface area contributed by atoms with Crippen molar-refractivity contribution in [2.75, 3.05) is 6.61 Å². The summed E-state index contributed by atoms with van der Waals surface area (Å²) < 4.78 is 0. The highest BCUT2D eigenvalue weighted by Crippen LogP contribution is 1.83. The first kappa shape index (κ1) is 9.17. The van der Waals surface area contributed by atoms with Crippen molar-refractivity contribution in [1.82, 2.24) is 5.32 Å². The van der Waals surface area contributed by atoms with Crippen molar-refractivity contribution in [3.05, 3.63) is 12.2 Å². The maximum Gasteiger partial charge on any atom is 0.217 e. The molecule has 0 rings (SSSR count). The van der Waals surface area contributed by atoms with E-state index in [4.69, 9.17) is 5.11 Å². The summed E-state index contributed by atoms with van der Waals surface area (Å²) >= 11 is 0. The van der Waals surface area contributed by atoms with E-state index in [-0.39, 0.29) is 18.6 Å². The number of hydrogen-bond acceptors (Lipinski definition) is 2. The van der Waals surface area contributed by atoms with E-state index in [1.807, 2.05) is 6.92 Å². The Hall–Kier alpha value is -0.830. The number of carbonyl (C=O) groups excluding carboxylic acids is 1. The summed E-state index contributed by atoms with van der Waals surface area (Å²) in [6.45, 7) is 3.32. The Labute approximate surface area is 60.7 Å². The summed E-state index contributed by atoms with van der Waals surface area (Å²) in [6.07, 6.45) is 3.34. The third-order valence-electron chi connectivity index (χ3n) is 0.961. The van der Waals surface area contributed by atoms with Gasteiger partial charge in [0, 0.05) is 13.0 Å². The molecule has 0 unspecified atom stereocenters. The predicted octanol–water partition coefficient (Wildman–Crippen LogP) is 0.0595. The number of amides is 1. The van der Waals surface area contributed by atoms with Gasteiger partial charge in [-0.2, -0.15) is 0 Å². The van der Waals surface area contributed by atoms with Crippen LogP contribution in [0.3, 0.4) is 0 Å². The minimum atomic E-state index is -0.0601. The predicted molar refractivity (Wildman–Crippen MR) is 39.5 cm³/mol. The van der Waals surface area contributed by atoms with E-state index < -0.39 is 0 Å². The molecule has 0 bridgehead atoms.